The number of hydrogen-bond acceptors (Lipinski definition) is 1. The zero-order valence-electron chi connectivity index (χ0n) is 5.54. The molecule has 0 saturated carbocycles. The highest BCUT2D eigenvalue weighted by atomic mass is 80.9. The van der Waals surface area contributed by atoms with Gasteiger partial charge in [0.1, 0.15) is 0 Å². The Morgan fingerprint density at radius 3 is 2.36 bits per heavy atom. The van der Waals surface area contributed by atoms with Crippen molar-refractivity contribution in [3.8, 4) is 0 Å². The van der Waals surface area contributed by atoms with Crippen LogP contribution in [0.25, 0.3) is 0 Å². The fourth-order valence-electron chi connectivity index (χ4n) is 0.657. The van der Waals surface area contributed by atoms with E-state index >= 15 is 0 Å². The van der Waals surface area contributed by atoms with Crippen molar-refractivity contribution in [3.05, 3.63) is 28.7 Å². The van der Waals surface area contributed by atoms with Crippen LogP contribution >= 0.6 is 15.9 Å². The molecular formula is C7H6BrNO2. The molecule has 1 aromatic rings. The van der Waals surface area contributed by atoms with Crippen LogP contribution < -0.4 is 5.32 Å². The first kappa shape index (κ1) is 8.07. The minimum atomic E-state index is -1.05. The summed E-state index contributed by atoms with van der Waals surface area (Å²) in [5, 5.41) is 10.5. The monoisotopic (exact) mass is 217 g/mol. The average Bonchev–Trinajstić information content (AvgIpc) is 1.93. The van der Waals surface area contributed by atoms with E-state index in [0.29, 0.717) is 5.69 Å². The lowest BCUT2D eigenvalue weighted by molar-refractivity contribution is 0.210. The lowest BCUT2D eigenvalue weighted by Crippen LogP contribution is -2.06. The second-order valence-electron chi connectivity index (χ2n) is 1.94. The topological polar surface area (TPSA) is 49.3 Å². The fraction of sp³-hybridized carbons (Fsp3) is 0. The molecule has 0 fully saturated rings. The second-order valence-corrected chi connectivity index (χ2v) is 2.85. The number of carboxylic acid groups (broad SMARTS) is 1. The lowest BCUT2D eigenvalue weighted by atomic mass is 10.3. The third-order valence-corrected chi connectivity index (χ3v) is 1.62. The standard InChI is InChI=1S/C7H6BrNO2/c8-5-1-3-6(4-2-5)9-7(10)11/h1-4,9H,(H,10,11)/i8+1. The minimum Gasteiger partial charge on any atom is -0.465 e. The highest BCUT2D eigenvalue weighted by Gasteiger charge is 1.95. The molecule has 0 aliphatic carbocycles. The highest BCUT2D eigenvalue weighted by Crippen LogP contribution is 2.13. The molecule has 3 nitrogen and oxygen atoms in total. The number of rotatable bonds is 1. The quantitative estimate of drug-likeness (QED) is 0.759. The van der Waals surface area contributed by atoms with Gasteiger partial charge in [-0.3, -0.25) is 5.32 Å². The van der Waals surface area contributed by atoms with Gasteiger partial charge in [0.2, 0.25) is 0 Å². The van der Waals surface area contributed by atoms with E-state index in [1.807, 2.05) is 0 Å². The molecule has 0 spiro atoms. The normalized spacial score (nSPS) is 9.18. The van der Waals surface area contributed by atoms with Gasteiger partial charge in [-0.25, -0.2) is 4.79 Å². The summed E-state index contributed by atoms with van der Waals surface area (Å²) in [4.78, 5) is 10.1. The number of hydrogen-bond donors (Lipinski definition) is 2. The van der Waals surface area contributed by atoms with Crippen LogP contribution in [0, 0.1) is 0 Å². The van der Waals surface area contributed by atoms with Gasteiger partial charge >= 0.3 is 6.09 Å². The Morgan fingerprint density at radius 2 is 1.91 bits per heavy atom. The van der Waals surface area contributed by atoms with Crippen LogP contribution in [0.5, 0.6) is 0 Å². The number of benzene rings is 1. The van der Waals surface area contributed by atoms with Gasteiger partial charge in [-0.1, -0.05) is 15.9 Å². The maximum Gasteiger partial charge on any atom is 0.409 e. The summed E-state index contributed by atoms with van der Waals surface area (Å²) in [7, 11) is 0. The van der Waals surface area contributed by atoms with E-state index in [9.17, 15) is 4.79 Å². The Labute approximate surface area is 72.2 Å². The smallest absolute Gasteiger partial charge is 0.409 e. The maximum absolute atomic E-state index is 10.1. The van der Waals surface area contributed by atoms with Crippen LogP contribution in [-0.4, -0.2) is 11.2 Å². The Hall–Kier alpha value is -1.03. The van der Waals surface area contributed by atoms with Crippen molar-refractivity contribution in [2.75, 3.05) is 5.32 Å². The first-order valence-corrected chi connectivity index (χ1v) is 3.73. The molecule has 58 valence electrons. The number of nitrogens with one attached hydrogen (secondary N) is 1. The predicted molar refractivity (Wildman–Crippen MR) is 45.8 cm³/mol. The molecule has 0 unspecified atom stereocenters. The Morgan fingerprint density at radius 1 is 1.36 bits per heavy atom. The number of amides is 1. The molecule has 1 rings (SSSR count). The molecule has 2 N–H and O–H groups in total. The van der Waals surface area contributed by atoms with Crippen molar-refractivity contribution in [3.63, 3.8) is 0 Å². The Bertz CT molecular complexity index is 258. The van der Waals surface area contributed by atoms with Crippen LogP contribution in [0.3, 0.4) is 0 Å². The molecule has 0 radical (unpaired) electrons. The lowest BCUT2D eigenvalue weighted by Gasteiger charge is -1.98. The van der Waals surface area contributed by atoms with Crippen molar-refractivity contribution < 1.29 is 9.90 Å². The first-order chi connectivity index (χ1) is 5.18. The SMILES string of the molecule is O=C(O)Nc1ccc([81Br])cc1. The van der Waals surface area contributed by atoms with Crippen LogP contribution in [0.4, 0.5) is 10.5 Å². The Balaban J connectivity index is 2.74. The third-order valence-electron chi connectivity index (χ3n) is 1.10. The molecule has 0 saturated heterocycles. The van der Waals surface area contributed by atoms with Crippen molar-refractivity contribution in [2.24, 2.45) is 0 Å². The predicted octanol–water partition coefficient (Wildman–Crippen LogP) is 2.54. The van der Waals surface area contributed by atoms with Gasteiger partial charge in [-0.2, -0.15) is 0 Å². The maximum atomic E-state index is 10.1. The highest BCUT2D eigenvalue weighted by molar-refractivity contribution is 9.10. The summed E-state index contributed by atoms with van der Waals surface area (Å²) in [6, 6.07) is 6.90. The Kier molecular flexibility index (Phi) is 2.48. The van der Waals surface area contributed by atoms with Gasteiger partial charge in [0.05, 0.1) is 0 Å². The molecule has 0 aromatic heterocycles. The molecule has 0 heterocycles. The fourth-order valence-corrected chi connectivity index (χ4v) is 0.921. The van der Waals surface area contributed by atoms with Crippen LogP contribution in [-0.2, 0) is 0 Å². The van der Waals surface area contributed by atoms with E-state index in [0.717, 1.165) is 4.47 Å². The van der Waals surface area contributed by atoms with Crippen molar-refractivity contribution in [2.45, 2.75) is 0 Å². The first-order valence-electron chi connectivity index (χ1n) is 2.94. The van der Waals surface area contributed by atoms with Gasteiger partial charge < -0.3 is 5.11 Å². The molecule has 0 atom stereocenters. The zero-order chi connectivity index (χ0) is 8.27. The molecule has 4 heteroatoms. The van der Waals surface area contributed by atoms with Crippen molar-refractivity contribution in [1.82, 2.24) is 0 Å². The molecular weight excluding hydrogens is 211 g/mol. The van der Waals surface area contributed by atoms with E-state index in [2.05, 4.69) is 21.2 Å². The van der Waals surface area contributed by atoms with Gasteiger partial charge in [0.25, 0.3) is 0 Å². The van der Waals surface area contributed by atoms with Crippen LogP contribution in [0.15, 0.2) is 28.7 Å². The van der Waals surface area contributed by atoms with Gasteiger partial charge in [-0.15, -0.1) is 0 Å². The summed E-state index contributed by atoms with van der Waals surface area (Å²) in [5.74, 6) is 0. The van der Waals surface area contributed by atoms with E-state index in [-0.39, 0.29) is 0 Å². The minimum absolute atomic E-state index is 0.570. The largest absolute Gasteiger partial charge is 0.465 e. The second kappa shape index (κ2) is 3.39. The summed E-state index contributed by atoms with van der Waals surface area (Å²) in [6.07, 6.45) is -1.05. The van der Waals surface area contributed by atoms with E-state index in [1.165, 1.54) is 0 Å². The summed E-state index contributed by atoms with van der Waals surface area (Å²) in [5.41, 5.74) is 0.570. The van der Waals surface area contributed by atoms with E-state index < -0.39 is 6.09 Å². The third kappa shape index (κ3) is 2.59. The van der Waals surface area contributed by atoms with Crippen molar-refractivity contribution >= 4 is 27.7 Å². The zero-order valence-corrected chi connectivity index (χ0v) is 7.13. The molecule has 0 bridgehead atoms. The molecule has 1 amide bonds. The molecule has 0 aliphatic rings. The number of halogens is 1. The number of anilines is 1. The summed E-state index contributed by atoms with van der Waals surface area (Å²) in [6.45, 7) is 0. The van der Waals surface area contributed by atoms with Crippen LogP contribution in [0.1, 0.15) is 0 Å². The summed E-state index contributed by atoms with van der Waals surface area (Å²) >= 11 is 3.24. The van der Waals surface area contributed by atoms with Crippen molar-refractivity contribution in [1.29, 1.82) is 0 Å². The van der Waals surface area contributed by atoms with Crippen LogP contribution in [0.2, 0.25) is 0 Å². The molecule has 11 heavy (non-hydrogen) atoms. The molecule has 1 aromatic carbocycles. The van der Waals surface area contributed by atoms with Gasteiger partial charge in [0, 0.05) is 10.2 Å². The van der Waals surface area contributed by atoms with Gasteiger partial charge in [-0.05, 0) is 24.3 Å². The van der Waals surface area contributed by atoms with Gasteiger partial charge in [0.15, 0.2) is 0 Å². The van der Waals surface area contributed by atoms with E-state index in [1.54, 1.807) is 24.3 Å². The number of carbonyl (C=O) groups is 1. The van der Waals surface area contributed by atoms with E-state index in [4.69, 9.17) is 5.11 Å². The average molecular weight is 217 g/mol. The molecule has 0 aliphatic heterocycles. The summed E-state index contributed by atoms with van der Waals surface area (Å²) < 4.78 is 0.924.